The highest BCUT2D eigenvalue weighted by Crippen LogP contribution is 2.20. The number of hydrogen-bond acceptors (Lipinski definition) is 4. The predicted molar refractivity (Wildman–Crippen MR) is 68.7 cm³/mol. The fourth-order valence-electron chi connectivity index (χ4n) is 1.45. The molecule has 5 heteroatoms. The number of aliphatic imine (C=N–C) groups is 1. The Labute approximate surface area is 104 Å². The van der Waals surface area contributed by atoms with E-state index >= 15 is 0 Å². The van der Waals surface area contributed by atoms with Gasteiger partial charge in [-0.1, -0.05) is 18.7 Å². The Morgan fingerprint density at radius 1 is 1.59 bits per heavy atom. The van der Waals surface area contributed by atoms with Gasteiger partial charge in [0, 0.05) is 18.0 Å². The Hall–Kier alpha value is -1.54. The summed E-state index contributed by atoms with van der Waals surface area (Å²) in [5, 5.41) is 12.7. The third-order valence-electron chi connectivity index (χ3n) is 2.39. The molecule has 1 atom stereocenters. The molecule has 1 unspecified atom stereocenters. The third kappa shape index (κ3) is 2.98. The van der Waals surface area contributed by atoms with Crippen molar-refractivity contribution in [2.24, 2.45) is 10.9 Å². The first-order valence-electron chi connectivity index (χ1n) is 5.33. The van der Waals surface area contributed by atoms with E-state index in [1.165, 1.54) is 12.1 Å². The lowest BCUT2D eigenvalue weighted by atomic mass is 10.2. The maximum Gasteiger partial charge on any atom is 0.161 e. The minimum atomic E-state index is -0.495. The van der Waals surface area contributed by atoms with Crippen LogP contribution in [-0.2, 0) is 0 Å². The molecule has 0 aliphatic carbocycles. The van der Waals surface area contributed by atoms with E-state index in [4.69, 9.17) is 5.26 Å². The lowest BCUT2D eigenvalue weighted by molar-refractivity contribution is 0.624. The molecule has 88 valence electrons. The van der Waals surface area contributed by atoms with E-state index in [2.05, 4.69) is 17.2 Å². The number of halogens is 1. The fourth-order valence-corrected chi connectivity index (χ4v) is 2.35. The first-order chi connectivity index (χ1) is 8.19. The molecule has 0 radical (unpaired) electrons. The second-order valence-electron chi connectivity index (χ2n) is 3.99. The molecule has 0 aromatic heterocycles. The summed E-state index contributed by atoms with van der Waals surface area (Å²) < 4.78 is 13.1. The first kappa shape index (κ1) is 11.9. The number of nitriles is 1. The van der Waals surface area contributed by atoms with Crippen LogP contribution < -0.4 is 5.32 Å². The largest absolute Gasteiger partial charge is 0.335 e. The zero-order chi connectivity index (χ0) is 12.3. The summed E-state index contributed by atoms with van der Waals surface area (Å²) in [5.41, 5.74) is 0.744. The first-order valence-corrected chi connectivity index (χ1v) is 6.31. The zero-order valence-corrected chi connectivity index (χ0v) is 10.2. The molecule has 1 aliphatic heterocycles. The number of nitrogens with one attached hydrogen (secondary N) is 1. The van der Waals surface area contributed by atoms with E-state index < -0.39 is 5.82 Å². The average molecular weight is 249 g/mol. The number of hydrogen-bond donors (Lipinski definition) is 1. The molecule has 0 saturated heterocycles. The summed E-state index contributed by atoms with van der Waals surface area (Å²) in [6.45, 7) is 2.96. The maximum absolute atomic E-state index is 13.1. The number of nitrogens with zero attached hydrogens (tertiary/aromatic N) is 2. The molecule has 1 aromatic carbocycles. The number of rotatable bonds is 1. The average Bonchev–Trinajstić information content (AvgIpc) is 2.34. The van der Waals surface area contributed by atoms with E-state index in [9.17, 15) is 4.39 Å². The molecule has 0 amide bonds. The van der Waals surface area contributed by atoms with Gasteiger partial charge in [0.1, 0.15) is 11.9 Å². The van der Waals surface area contributed by atoms with Crippen LogP contribution in [0.2, 0.25) is 0 Å². The zero-order valence-electron chi connectivity index (χ0n) is 9.40. The normalized spacial score (nSPS) is 19.4. The second-order valence-corrected chi connectivity index (χ2v) is 5.00. The van der Waals surface area contributed by atoms with Crippen LogP contribution in [0.5, 0.6) is 0 Å². The second kappa shape index (κ2) is 5.19. The quantitative estimate of drug-likeness (QED) is 0.832. The van der Waals surface area contributed by atoms with Crippen LogP contribution in [0.3, 0.4) is 0 Å². The van der Waals surface area contributed by atoms with Crippen LogP contribution in [0, 0.1) is 23.1 Å². The molecule has 17 heavy (non-hydrogen) atoms. The summed E-state index contributed by atoms with van der Waals surface area (Å²) in [4.78, 5) is 4.38. The van der Waals surface area contributed by atoms with Crippen LogP contribution in [0.4, 0.5) is 10.1 Å². The Morgan fingerprint density at radius 3 is 3.06 bits per heavy atom. The molecular weight excluding hydrogens is 237 g/mol. The predicted octanol–water partition coefficient (Wildman–Crippen LogP) is 2.85. The summed E-state index contributed by atoms with van der Waals surface area (Å²) in [6, 6.07) is 6.21. The molecule has 0 spiro atoms. The van der Waals surface area contributed by atoms with Crippen molar-refractivity contribution in [3.8, 4) is 6.07 Å². The lowest BCUT2D eigenvalue weighted by Gasteiger charge is -2.17. The molecule has 2 rings (SSSR count). The highest BCUT2D eigenvalue weighted by atomic mass is 32.2. The maximum atomic E-state index is 13.1. The molecule has 0 saturated carbocycles. The van der Waals surface area contributed by atoms with Gasteiger partial charge in [-0.2, -0.15) is 5.26 Å². The molecule has 0 bridgehead atoms. The highest BCUT2D eigenvalue weighted by molar-refractivity contribution is 8.14. The van der Waals surface area contributed by atoms with E-state index in [1.807, 2.05) is 6.07 Å². The minimum absolute atomic E-state index is 0.0461. The van der Waals surface area contributed by atoms with E-state index in [-0.39, 0.29) is 5.56 Å². The van der Waals surface area contributed by atoms with Crippen LogP contribution in [-0.4, -0.2) is 17.5 Å². The van der Waals surface area contributed by atoms with Gasteiger partial charge in [0.05, 0.1) is 5.56 Å². The van der Waals surface area contributed by atoms with Gasteiger partial charge in [-0.25, -0.2) is 4.39 Å². The number of thioether (sulfide) groups is 1. The summed E-state index contributed by atoms with van der Waals surface area (Å²) in [6.07, 6.45) is 0. The SMILES string of the molecule is CC1CN=C(Nc2ccc(F)c(C#N)c2)SC1. The fraction of sp³-hybridized carbons (Fsp3) is 0.333. The monoisotopic (exact) mass is 249 g/mol. The van der Waals surface area contributed by atoms with Gasteiger partial charge in [-0.3, -0.25) is 4.99 Å². The van der Waals surface area contributed by atoms with Crippen LogP contribution in [0.25, 0.3) is 0 Å². The Balaban J connectivity index is 2.12. The van der Waals surface area contributed by atoms with Crippen molar-refractivity contribution in [2.75, 3.05) is 17.6 Å². The van der Waals surface area contributed by atoms with Gasteiger partial charge in [0.2, 0.25) is 0 Å². The number of amidine groups is 1. The Morgan fingerprint density at radius 2 is 2.41 bits per heavy atom. The molecule has 1 aliphatic rings. The Bertz CT molecular complexity index is 493. The van der Waals surface area contributed by atoms with E-state index in [1.54, 1.807) is 17.8 Å². The Kier molecular flexibility index (Phi) is 3.64. The van der Waals surface area contributed by atoms with Gasteiger partial charge in [-0.05, 0) is 24.1 Å². The number of benzene rings is 1. The van der Waals surface area contributed by atoms with Crippen LogP contribution >= 0.6 is 11.8 Å². The summed E-state index contributed by atoms with van der Waals surface area (Å²) in [7, 11) is 0. The van der Waals surface area contributed by atoms with E-state index in [0.29, 0.717) is 11.6 Å². The minimum Gasteiger partial charge on any atom is -0.335 e. The van der Waals surface area contributed by atoms with E-state index in [0.717, 1.165) is 17.5 Å². The van der Waals surface area contributed by atoms with Crippen LogP contribution in [0.1, 0.15) is 12.5 Å². The van der Waals surface area contributed by atoms with Crippen molar-refractivity contribution in [1.82, 2.24) is 0 Å². The van der Waals surface area contributed by atoms with Gasteiger partial charge in [0.25, 0.3) is 0 Å². The molecule has 1 heterocycles. The molecule has 1 aromatic rings. The van der Waals surface area contributed by atoms with Crippen molar-refractivity contribution in [3.63, 3.8) is 0 Å². The molecule has 3 nitrogen and oxygen atoms in total. The molecule has 1 N–H and O–H groups in total. The third-order valence-corrected chi connectivity index (χ3v) is 3.63. The standard InChI is InChI=1S/C12H12FN3S/c1-8-6-15-12(17-7-8)16-10-2-3-11(13)9(4-10)5-14/h2-4,8H,6-7H2,1H3,(H,15,16). The van der Waals surface area contributed by atoms with Gasteiger partial charge in [-0.15, -0.1) is 0 Å². The molecular formula is C12H12FN3S. The highest BCUT2D eigenvalue weighted by Gasteiger charge is 2.12. The van der Waals surface area contributed by atoms with Gasteiger partial charge in [0.15, 0.2) is 5.17 Å². The smallest absolute Gasteiger partial charge is 0.161 e. The topological polar surface area (TPSA) is 48.2 Å². The number of anilines is 1. The van der Waals surface area contributed by atoms with Crippen LogP contribution in [0.15, 0.2) is 23.2 Å². The lowest BCUT2D eigenvalue weighted by Crippen LogP contribution is -2.18. The van der Waals surface area contributed by atoms with Gasteiger partial charge < -0.3 is 5.32 Å². The van der Waals surface area contributed by atoms with Gasteiger partial charge >= 0.3 is 0 Å². The van der Waals surface area contributed by atoms with Crippen molar-refractivity contribution in [3.05, 3.63) is 29.6 Å². The van der Waals surface area contributed by atoms with Crippen molar-refractivity contribution in [1.29, 1.82) is 5.26 Å². The summed E-state index contributed by atoms with van der Waals surface area (Å²) in [5.74, 6) is 1.12. The van der Waals surface area contributed by atoms with Crippen molar-refractivity contribution >= 4 is 22.6 Å². The van der Waals surface area contributed by atoms with Crippen molar-refractivity contribution < 1.29 is 4.39 Å². The van der Waals surface area contributed by atoms with Crippen molar-refractivity contribution in [2.45, 2.75) is 6.92 Å². The summed E-state index contributed by atoms with van der Waals surface area (Å²) >= 11 is 1.65. The molecule has 0 fully saturated rings.